The molecule has 0 atom stereocenters. The minimum Gasteiger partial charge on any atom is -0.438 e. The second kappa shape index (κ2) is 9.40. The topological polar surface area (TPSA) is 58.6 Å². The summed E-state index contributed by atoms with van der Waals surface area (Å²) in [6, 6.07) is 19.6. The Morgan fingerprint density at radius 1 is 1.00 bits per heavy atom. The van der Waals surface area contributed by atoms with Crippen LogP contribution < -0.4 is 5.32 Å². The van der Waals surface area contributed by atoms with Gasteiger partial charge in [-0.2, -0.15) is 0 Å². The van der Waals surface area contributed by atoms with Gasteiger partial charge in [0.1, 0.15) is 5.60 Å². The molecule has 1 heterocycles. The molecule has 5 nitrogen and oxygen atoms in total. The van der Waals surface area contributed by atoms with E-state index in [4.69, 9.17) is 4.74 Å². The van der Waals surface area contributed by atoms with Crippen molar-refractivity contribution in [1.82, 2.24) is 10.2 Å². The van der Waals surface area contributed by atoms with Gasteiger partial charge in [-0.3, -0.25) is 4.79 Å². The number of carbonyl (C=O) groups excluding carboxylic acids is 2. The van der Waals surface area contributed by atoms with Crippen LogP contribution in [0.3, 0.4) is 0 Å². The molecule has 2 amide bonds. The molecular formula is C23H28N2O3. The molecule has 1 fully saturated rings. The van der Waals surface area contributed by atoms with Gasteiger partial charge in [0.15, 0.2) is 0 Å². The maximum absolute atomic E-state index is 12.6. The molecule has 28 heavy (non-hydrogen) atoms. The number of nitrogens with zero attached hydrogens (tertiary/aromatic N) is 1. The number of alkyl carbamates (subject to hydrolysis) is 1. The molecule has 0 aromatic heterocycles. The molecule has 3 rings (SSSR count). The molecular weight excluding hydrogens is 352 g/mol. The van der Waals surface area contributed by atoms with Crippen LogP contribution in [0, 0.1) is 0 Å². The van der Waals surface area contributed by atoms with E-state index < -0.39 is 11.7 Å². The van der Waals surface area contributed by atoms with Gasteiger partial charge in [-0.15, -0.1) is 0 Å². The van der Waals surface area contributed by atoms with E-state index in [-0.39, 0.29) is 5.91 Å². The Hall–Kier alpha value is -2.82. The SMILES string of the molecule is CCCC(=O)N1CCC(OC(=O)NCc2ccccc2)(c2ccccc2)CC1. The van der Waals surface area contributed by atoms with Crippen LogP contribution in [0.5, 0.6) is 0 Å². The second-order valence-corrected chi connectivity index (χ2v) is 7.22. The van der Waals surface area contributed by atoms with Crippen molar-refractivity contribution >= 4 is 12.0 Å². The first-order valence-corrected chi connectivity index (χ1v) is 9.97. The van der Waals surface area contributed by atoms with Crippen molar-refractivity contribution in [2.75, 3.05) is 13.1 Å². The highest BCUT2D eigenvalue weighted by Gasteiger charge is 2.40. The van der Waals surface area contributed by atoms with Crippen molar-refractivity contribution in [3.8, 4) is 0 Å². The lowest BCUT2D eigenvalue weighted by Crippen LogP contribution is -2.48. The number of nitrogens with one attached hydrogen (secondary N) is 1. The van der Waals surface area contributed by atoms with Gasteiger partial charge in [0.25, 0.3) is 0 Å². The zero-order valence-electron chi connectivity index (χ0n) is 16.4. The lowest BCUT2D eigenvalue weighted by molar-refractivity contribution is -0.135. The molecule has 2 aromatic rings. The third-order valence-corrected chi connectivity index (χ3v) is 5.26. The number of piperidine rings is 1. The zero-order chi connectivity index (χ0) is 19.8. The highest BCUT2D eigenvalue weighted by atomic mass is 16.6. The van der Waals surface area contributed by atoms with Crippen LogP contribution in [-0.4, -0.2) is 30.0 Å². The number of carbonyl (C=O) groups is 2. The Morgan fingerprint density at radius 3 is 2.21 bits per heavy atom. The standard InChI is InChI=1S/C23H28N2O3/c1-2-9-21(26)25-16-14-23(15-17-25,20-12-7-4-8-13-20)28-22(27)24-18-19-10-5-3-6-11-19/h3-8,10-13H,2,9,14-18H2,1H3,(H,24,27). The van der Waals surface area contributed by atoms with Crippen molar-refractivity contribution in [3.63, 3.8) is 0 Å². The van der Waals surface area contributed by atoms with Crippen LogP contribution in [0.2, 0.25) is 0 Å². The number of benzene rings is 2. The average Bonchev–Trinajstić information content (AvgIpc) is 2.74. The van der Waals surface area contributed by atoms with Gasteiger partial charge in [0.2, 0.25) is 5.91 Å². The predicted octanol–water partition coefficient (Wildman–Crippen LogP) is 4.23. The predicted molar refractivity (Wildman–Crippen MR) is 109 cm³/mol. The van der Waals surface area contributed by atoms with Crippen molar-refractivity contribution < 1.29 is 14.3 Å². The molecule has 0 spiro atoms. The summed E-state index contributed by atoms with van der Waals surface area (Å²) in [6.45, 7) is 3.63. The first-order chi connectivity index (χ1) is 13.6. The lowest BCUT2D eigenvalue weighted by atomic mass is 9.84. The Labute approximate surface area is 166 Å². The molecule has 1 aliphatic rings. The molecule has 1 aliphatic heterocycles. The van der Waals surface area contributed by atoms with Gasteiger partial charge in [-0.05, 0) is 17.5 Å². The van der Waals surface area contributed by atoms with Gasteiger partial charge in [0, 0.05) is 38.9 Å². The monoisotopic (exact) mass is 380 g/mol. The Bertz CT molecular complexity index is 769. The van der Waals surface area contributed by atoms with Crippen molar-refractivity contribution in [2.24, 2.45) is 0 Å². The van der Waals surface area contributed by atoms with Gasteiger partial charge in [0.05, 0.1) is 0 Å². The molecule has 0 aliphatic carbocycles. The Balaban J connectivity index is 1.68. The van der Waals surface area contributed by atoms with Crippen LogP contribution >= 0.6 is 0 Å². The van der Waals surface area contributed by atoms with Gasteiger partial charge in [-0.25, -0.2) is 4.79 Å². The Kier molecular flexibility index (Phi) is 6.69. The highest BCUT2D eigenvalue weighted by molar-refractivity contribution is 5.76. The molecule has 0 unspecified atom stereocenters. The van der Waals surface area contributed by atoms with Crippen LogP contribution in [0.25, 0.3) is 0 Å². The number of hydrogen-bond donors (Lipinski definition) is 1. The molecule has 5 heteroatoms. The third kappa shape index (κ3) is 4.91. The van der Waals surface area contributed by atoms with Gasteiger partial charge in [-0.1, -0.05) is 67.6 Å². The summed E-state index contributed by atoms with van der Waals surface area (Å²) in [6.07, 6.45) is 2.19. The third-order valence-electron chi connectivity index (χ3n) is 5.26. The summed E-state index contributed by atoms with van der Waals surface area (Å²) >= 11 is 0. The molecule has 0 bridgehead atoms. The molecule has 1 saturated heterocycles. The maximum Gasteiger partial charge on any atom is 0.408 e. The summed E-state index contributed by atoms with van der Waals surface area (Å²) in [4.78, 5) is 26.7. The van der Waals surface area contributed by atoms with E-state index in [1.165, 1.54) is 0 Å². The lowest BCUT2D eigenvalue weighted by Gasteiger charge is -2.41. The summed E-state index contributed by atoms with van der Waals surface area (Å²) < 4.78 is 5.99. The first-order valence-electron chi connectivity index (χ1n) is 9.97. The minimum atomic E-state index is -0.703. The van der Waals surface area contributed by atoms with Crippen molar-refractivity contribution in [1.29, 1.82) is 0 Å². The number of ether oxygens (including phenoxy) is 1. The second-order valence-electron chi connectivity index (χ2n) is 7.22. The average molecular weight is 380 g/mol. The quantitative estimate of drug-likeness (QED) is 0.816. The van der Waals surface area contributed by atoms with Crippen molar-refractivity contribution in [3.05, 3.63) is 71.8 Å². The largest absolute Gasteiger partial charge is 0.438 e. The fourth-order valence-electron chi connectivity index (χ4n) is 3.66. The maximum atomic E-state index is 12.6. The molecule has 0 saturated carbocycles. The molecule has 1 N–H and O–H groups in total. The Morgan fingerprint density at radius 2 is 1.61 bits per heavy atom. The van der Waals surface area contributed by atoms with E-state index in [0.29, 0.717) is 38.9 Å². The van der Waals surface area contributed by atoms with Crippen LogP contribution in [0.1, 0.15) is 43.7 Å². The smallest absolute Gasteiger partial charge is 0.408 e. The van der Waals surface area contributed by atoms with E-state index >= 15 is 0 Å². The number of likely N-dealkylation sites (tertiary alicyclic amines) is 1. The van der Waals surface area contributed by atoms with E-state index in [2.05, 4.69) is 5.32 Å². The summed E-state index contributed by atoms with van der Waals surface area (Å²) in [5.41, 5.74) is 1.30. The molecule has 148 valence electrons. The highest BCUT2D eigenvalue weighted by Crippen LogP contribution is 2.37. The number of amides is 2. The van der Waals surface area contributed by atoms with E-state index in [1.807, 2.05) is 72.5 Å². The fraction of sp³-hybridized carbons (Fsp3) is 0.391. The van der Waals surface area contributed by atoms with Crippen LogP contribution in [0.15, 0.2) is 60.7 Å². The van der Waals surface area contributed by atoms with E-state index in [0.717, 1.165) is 17.5 Å². The minimum absolute atomic E-state index is 0.178. The normalized spacial score (nSPS) is 15.7. The van der Waals surface area contributed by atoms with Crippen LogP contribution in [-0.2, 0) is 21.7 Å². The summed E-state index contributed by atoms with van der Waals surface area (Å²) in [5.74, 6) is 0.178. The zero-order valence-corrected chi connectivity index (χ0v) is 16.4. The van der Waals surface area contributed by atoms with Crippen molar-refractivity contribution in [2.45, 2.75) is 44.8 Å². The van der Waals surface area contributed by atoms with Gasteiger partial charge >= 0.3 is 6.09 Å². The van der Waals surface area contributed by atoms with Crippen LogP contribution in [0.4, 0.5) is 4.79 Å². The van der Waals surface area contributed by atoms with E-state index in [9.17, 15) is 9.59 Å². The van der Waals surface area contributed by atoms with Gasteiger partial charge < -0.3 is 15.0 Å². The summed E-state index contributed by atoms with van der Waals surface area (Å²) in [7, 11) is 0. The molecule has 0 radical (unpaired) electrons. The number of hydrogen-bond acceptors (Lipinski definition) is 3. The molecule has 2 aromatic carbocycles. The van der Waals surface area contributed by atoms with E-state index in [1.54, 1.807) is 0 Å². The fourth-order valence-corrected chi connectivity index (χ4v) is 3.66. The summed E-state index contributed by atoms with van der Waals surface area (Å²) in [5, 5.41) is 2.85. The first kappa shape index (κ1) is 19.9. The number of rotatable bonds is 6.